The molecule has 0 N–H and O–H groups in total. The molecule has 0 rings (SSSR count). The molecule has 0 aliphatic rings. The van der Waals surface area contributed by atoms with Gasteiger partial charge in [-0.2, -0.15) is 0 Å². The van der Waals surface area contributed by atoms with E-state index < -0.39 is 0 Å². The summed E-state index contributed by atoms with van der Waals surface area (Å²) in [4.78, 5) is 0. The molecule has 0 saturated heterocycles. The Morgan fingerprint density at radius 3 is 2.31 bits per heavy atom. The molecule has 0 aromatic rings. The van der Waals surface area contributed by atoms with E-state index in [0.29, 0.717) is 5.92 Å². The van der Waals surface area contributed by atoms with Crippen molar-refractivity contribution in [2.75, 3.05) is 0 Å². The van der Waals surface area contributed by atoms with Gasteiger partial charge in [0, 0.05) is 0 Å². The summed E-state index contributed by atoms with van der Waals surface area (Å²) in [5, 5.41) is 0. The molecule has 0 fully saturated rings. The highest BCUT2D eigenvalue weighted by atomic mass is 14.0. The molecule has 0 aliphatic carbocycles. The quantitative estimate of drug-likeness (QED) is 0.374. The van der Waals surface area contributed by atoms with E-state index in [0.717, 1.165) is 0 Å². The van der Waals surface area contributed by atoms with Gasteiger partial charge in [-0.15, -0.1) is 0 Å². The third-order valence-corrected chi connectivity index (χ3v) is 2.30. The molecule has 1 unspecified atom stereocenters. The van der Waals surface area contributed by atoms with E-state index in [1.165, 1.54) is 44.9 Å². The summed E-state index contributed by atoms with van der Waals surface area (Å²) in [6.07, 6.45) is 13.6. The van der Waals surface area contributed by atoms with Gasteiger partial charge in [0.15, 0.2) is 0 Å². The Bertz CT molecular complexity index is 113. The lowest BCUT2D eigenvalue weighted by atomic mass is 9.99. The van der Waals surface area contributed by atoms with Gasteiger partial charge in [-0.1, -0.05) is 58.6 Å². The van der Waals surface area contributed by atoms with Crippen LogP contribution in [0.1, 0.15) is 58.8 Å². The van der Waals surface area contributed by atoms with Crippen molar-refractivity contribution >= 4 is 0 Å². The molecule has 0 aromatic carbocycles. The predicted octanol–water partition coefficient (Wildman–Crippen LogP) is 4.76. The minimum atomic E-state index is 0.685. The normalized spacial score (nSPS) is 13.8. The van der Waals surface area contributed by atoms with Gasteiger partial charge in [0.1, 0.15) is 0 Å². The van der Waals surface area contributed by atoms with Crippen LogP contribution in [0.4, 0.5) is 0 Å². The van der Waals surface area contributed by atoms with Crippen LogP contribution in [-0.2, 0) is 0 Å². The molecule has 13 heavy (non-hydrogen) atoms. The van der Waals surface area contributed by atoms with Gasteiger partial charge in [0.2, 0.25) is 0 Å². The van der Waals surface area contributed by atoms with Gasteiger partial charge in [0.25, 0.3) is 0 Å². The third kappa shape index (κ3) is 9.66. The maximum absolute atomic E-state index is 4.14. The number of hydrogen-bond donors (Lipinski definition) is 0. The second kappa shape index (κ2) is 9.83. The van der Waals surface area contributed by atoms with Crippen LogP contribution in [0.25, 0.3) is 0 Å². The second-order valence-electron chi connectivity index (χ2n) is 3.85. The fourth-order valence-corrected chi connectivity index (χ4v) is 1.48. The van der Waals surface area contributed by atoms with Crippen molar-refractivity contribution in [2.45, 2.75) is 58.8 Å². The number of rotatable bonds is 8. The summed E-state index contributed by atoms with van der Waals surface area (Å²) < 4.78 is 0. The standard InChI is InChI=1S/C13H25/c1-4-6-7-8-9-10-12-13(3)11-5-2/h7-8,13H,3-6,9-12H2,1-2H3. The highest BCUT2D eigenvalue weighted by Crippen LogP contribution is 2.13. The monoisotopic (exact) mass is 181 g/mol. The average Bonchev–Trinajstić information content (AvgIpc) is 2.11. The van der Waals surface area contributed by atoms with Gasteiger partial charge in [-0.25, -0.2) is 0 Å². The molecule has 0 bridgehead atoms. The van der Waals surface area contributed by atoms with Crippen molar-refractivity contribution in [1.82, 2.24) is 0 Å². The lowest BCUT2D eigenvalue weighted by Crippen LogP contribution is -1.93. The SMILES string of the molecule is [CH2]C(CCC)CCCC=CCCC. The summed E-state index contributed by atoms with van der Waals surface area (Å²) in [5.41, 5.74) is 0. The Kier molecular flexibility index (Phi) is 9.63. The van der Waals surface area contributed by atoms with Gasteiger partial charge in [0.05, 0.1) is 0 Å². The molecule has 77 valence electrons. The fraction of sp³-hybridized carbons (Fsp3) is 0.769. The van der Waals surface area contributed by atoms with Crippen LogP contribution in [0.15, 0.2) is 12.2 Å². The van der Waals surface area contributed by atoms with E-state index in [4.69, 9.17) is 0 Å². The van der Waals surface area contributed by atoms with Gasteiger partial charge < -0.3 is 0 Å². The maximum Gasteiger partial charge on any atom is -0.0351 e. The van der Waals surface area contributed by atoms with Gasteiger partial charge >= 0.3 is 0 Å². The van der Waals surface area contributed by atoms with Crippen LogP contribution in [0.2, 0.25) is 0 Å². The summed E-state index contributed by atoms with van der Waals surface area (Å²) in [6.45, 7) is 8.59. The first-order valence-corrected chi connectivity index (χ1v) is 5.79. The van der Waals surface area contributed by atoms with Crippen LogP contribution in [0.5, 0.6) is 0 Å². The smallest absolute Gasteiger partial charge is 0.0351 e. The minimum absolute atomic E-state index is 0.685. The van der Waals surface area contributed by atoms with Crippen LogP contribution >= 0.6 is 0 Å². The Hall–Kier alpha value is -0.260. The van der Waals surface area contributed by atoms with Crippen LogP contribution in [0.3, 0.4) is 0 Å². The minimum Gasteiger partial charge on any atom is -0.0885 e. The molecular formula is C13H25. The highest BCUT2D eigenvalue weighted by Gasteiger charge is 1.98. The number of allylic oxidation sites excluding steroid dienone is 2. The zero-order chi connectivity index (χ0) is 9.94. The van der Waals surface area contributed by atoms with E-state index in [1.807, 2.05) is 0 Å². The Labute approximate surface area is 84.4 Å². The summed E-state index contributed by atoms with van der Waals surface area (Å²) >= 11 is 0. The Balaban J connectivity index is 3.15. The van der Waals surface area contributed by atoms with Crippen molar-refractivity contribution in [1.29, 1.82) is 0 Å². The Morgan fingerprint density at radius 2 is 1.69 bits per heavy atom. The molecule has 1 atom stereocenters. The first-order chi connectivity index (χ1) is 6.31. The van der Waals surface area contributed by atoms with Crippen LogP contribution in [0, 0.1) is 12.8 Å². The van der Waals surface area contributed by atoms with E-state index in [-0.39, 0.29) is 0 Å². The summed E-state index contributed by atoms with van der Waals surface area (Å²) in [5.74, 6) is 0.685. The molecule has 0 aliphatic heterocycles. The third-order valence-electron chi connectivity index (χ3n) is 2.30. The molecule has 0 aromatic heterocycles. The van der Waals surface area contributed by atoms with E-state index in [2.05, 4.69) is 32.9 Å². The second-order valence-corrected chi connectivity index (χ2v) is 3.85. The molecular weight excluding hydrogens is 156 g/mol. The van der Waals surface area contributed by atoms with E-state index >= 15 is 0 Å². The largest absolute Gasteiger partial charge is 0.0885 e. The molecule has 0 heteroatoms. The topological polar surface area (TPSA) is 0 Å². The average molecular weight is 181 g/mol. The first kappa shape index (κ1) is 12.7. The molecule has 0 nitrogen and oxygen atoms in total. The Morgan fingerprint density at radius 1 is 1.00 bits per heavy atom. The molecule has 1 radical (unpaired) electrons. The van der Waals surface area contributed by atoms with Crippen molar-refractivity contribution in [3.63, 3.8) is 0 Å². The van der Waals surface area contributed by atoms with Crippen molar-refractivity contribution < 1.29 is 0 Å². The zero-order valence-electron chi connectivity index (χ0n) is 9.39. The van der Waals surface area contributed by atoms with Crippen molar-refractivity contribution in [3.8, 4) is 0 Å². The summed E-state index contributed by atoms with van der Waals surface area (Å²) in [6, 6.07) is 0. The van der Waals surface area contributed by atoms with Crippen LogP contribution < -0.4 is 0 Å². The molecule has 0 heterocycles. The van der Waals surface area contributed by atoms with Gasteiger partial charge in [-0.3, -0.25) is 0 Å². The van der Waals surface area contributed by atoms with Crippen molar-refractivity contribution in [2.24, 2.45) is 5.92 Å². The predicted molar refractivity (Wildman–Crippen MR) is 61.7 cm³/mol. The van der Waals surface area contributed by atoms with Crippen LogP contribution in [-0.4, -0.2) is 0 Å². The lowest BCUT2D eigenvalue weighted by molar-refractivity contribution is 0.515. The molecule has 0 saturated carbocycles. The highest BCUT2D eigenvalue weighted by molar-refractivity contribution is 4.81. The lowest BCUT2D eigenvalue weighted by Gasteiger charge is -2.07. The maximum atomic E-state index is 4.14. The fourth-order valence-electron chi connectivity index (χ4n) is 1.48. The molecule has 0 spiro atoms. The van der Waals surface area contributed by atoms with E-state index in [1.54, 1.807) is 0 Å². The number of unbranched alkanes of at least 4 members (excludes halogenated alkanes) is 2. The van der Waals surface area contributed by atoms with Crippen molar-refractivity contribution in [3.05, 3.63) is 19.1 Å². The van der Waals surface area contributed by atoms with Gasteiger partial charge in [-0.05, 0) is 25.2 Å². The van der Waals surface area contributed by atoms with E-state index in [9.17, 15) is 0 Å². The zero-order valence-corrected chi connectivity index (χ0v) is 9.39. The first-order valence-electron chi connectivity index (χ1n) is 5.79. The number of hydrogen-bond acceptors (Lipinski definition) is 0. The molecule has 0 amide bonds. The summed E-state index contributed by atoms with van der Waals surface area (Å²) in [7, 11) is 0.